The van der Waals surface area contributed by atoms with Crippen LogP contribution in [-0.4, -0.2) is 10.1 Å². The highest BCUT2D eigenvalue weighted by Crippen LogP contribution is 2.26. The highest BCUT2D eigenvalue weighted by Gasteiger charge is 2.10. The Morgan fingerprint density at radius 3 is 2.36 bits per heavy atom. The third-order valence-electron chi connectivity index (χ3n) is 3.81. The van der Waals surface area contributed by atoms with Crippen molar-refractivity contribution in [1.29, 1.82) is 0 Å². The molecular weight excluding hydrogens is 346 g/mol. The maximum atomic E-state index is 5.47. The van der Waals surface area contributed by atoms with Crippen molar-refractivity contribution in [2.24, 2.45) is 0 Å². The zero-order valence-corrected chi connectivity index (χ0v) is 17.8. The van der Waals surface area contributed by atoms with Gasteiger partial charge in [0.15, 0.2) is 5.76 Å². The van der Waals surface area contributed by atoms with Crippen LogP contribution in [0.2, 0.25) is 0 Å². The van der Waals surface area contributed by atoms with E-state index in [-0.39, 0.29) is 0 Å². The van der Waals surface area contributed by atoms with E-state index in [1.165, 1.54) is 5.56 Å². The summed E-state index contributed by atoms with van der Waals surface area (Å²) in [4.78, 5) is 4.25. The minimum absolute atomic E-state index is 0.659. The molecule has 0 spiro atoms. The molecule has 0 aliphatic carbocycles. The first-order valence-electron chi connectivity index (χ1n) is 9.66. The van der Waals surface area contributed by atoms with E-state index in [0.29, 0.717) is 17.2 Å². The first-order valence-corrected chi connectivity index (χ1v) is 9.66. The van der Waals surface area contributed by atoms with Gasteiger partial charge in [-0.25, -0.2) is 0 Å². The molecule has 3 rings (SSSR count). The van der Waals surface area contributed by atoms with Crippen LogP contribution < -0.4 is 5.32 Å². The summed E-state index contributed by atoms with van der Waals surface area (Å²) in [5.74, 6) is 0.693. The Balaban J connectivity index is 0.000000921. The summed E-state index contributed by atoms with van der Waals surface area (Å²) in [6, 6.07) is 11.8. The van der Waals surface area contributed by atoms with Crippen LogP contribution in [0.15, 0.2) is 60.3 Å². The quantitative estimate of drug-likeness (QED) is 0.514. The lowest BCUT2D eigenvalue weighted by molar-refractivity contribution is 0.430. The number of aromatic nitrogens is 2. The topological polar surface area (TPSA) is 51.0 Å². The number of hydrogen-bond acceptors (Lipinski definition) is 4. The molecular formula is C24H31N3O. The second kappa shape index (κ2) is 11.5. The van der Waals surface area contributed by atoms with Crippen LogP contribution in [0.4, 0.5) is 5.69 Å². The van der Waals surface area contributed by atoms with Crippen LogP contribution in [0.25, 0.3) is 23.1 Å². The van der Waals surface area contributed by atoms with E-state index in [1.54, 1.807) is 6.20 Å². The highest BCUT2D eigenvalue weighted by molar-refractivity contribution is 5.75. The summed E-state index contributed by atoms with van der Waals surface area (Å²) < 4.78 is 5.47. The van der Waals surface area contributed by atoms with E-state index < -0.39 is 0 Å². The molecule has 4 heteroatoms. The zero-order valence-electron chi connectivity index (χ0n) is 17.8. The van der Waals surface area contributed by atoms with Crippen molar-refractivity contribution in [3.63, 3.8) is 0 Å². The van der Waals surface area contributed by atoms with E-state index in [0.717, 1.165) is 22.5 Å². The molecule has 0 atom stereocenters. The number of nitrogens with zero attached hydrogens (tertiary/aromatic N) is 2. The molecule has 0 amide bonds. The fourth-order valence-electron chi connectivity index (χ4n) is 2.35. The molecule has 2 aromatic heterocycles. The largest absolute Gasteiger partial charge is 0.356 e. The van der Waals surface area contributed by atoms with Gasteiger partial charge in [0, 0.05) is 17.3 Å². The number of rotatable bonds is 5. The minimum atomic E-state index is 0.659. The molecule has 2 heterocycles. The van der Waals surface area contributed by atoms with Gasteiger partial charge in [-0.05, 0) is 43.2 Å². The number of anilines is 1. The molecule has 1 N–H and O–H groups in total. The van der Waals surface area contributed by atoms with Gasteiger partial charge in [0.05, 0.1) is 17.6 Å². The van der Waals surface area contributed by atoms with Crippen LogP contribution in [-0.2, 0) is 0 Å². The second-order valence-corrected chi connectivity index (χ2v) is 5.64. The Labute approximate surface area is 169 Å². The normalized spacial score (nSPS) is 9.36. The molecule has 0 bridgehead atoms. The smallest absolute Gasteiger partial charge is 0.167 e. The van der Waals surface area contributed by atoms with Gasteiger partial charge in [0.1, 0.15) is 5.69 Å². The fraction of sp³-hybridized carbons (Fsp3) is 0.250. The van der Waals surface area contributed by atoms with Crippen LogP contribution in [0, 0.1) is 13.8 Å². The lowest BCUT2D eigenvalue weighted by Gasteiger charge is -2.06. The molecule has 4 nitrogen and oxygen atoms in total. The Hall–Kier alpha value is -3.14. The second-order valence-electron chi connectivity index (χ2n) is 5.64. The van der Waals surface area contributed by atoms with Gasteiger partial charge in [-0.3, -0.25) is 4.98 Å². The SMILES string of the molecule is C=Cc1cc(-c2cc(C(=C)Nc3ccc(C)nc3)no2)ccc1C.CC.CC. The third-order valence-corrected chi connectivity index (χ3v) is 3.81. The standard InChI is InChI=1S/C20H19N3O.2C2H6/c1-5-16-10-17(8-6-13(16)2)20-11-19(23-24-20)15(4)22-18-9-7-14(3)21-12-18;2*1-2/h5-12,22H,1,4H2,2-3H3;2*1-2H3. The average molecular weight is 378 g/mol. The van der Waals surface area contributed by atoms with E-state index >= 15 is 0 Å². The monoisotopic (exact) mass is 377 g/mol. The molecule has 28 heavy (non-hydrogen) atoms. The van der Waals surface area contributed by atoms with Gasteiger partial charge in [0.2, 0.25) is 0 Å². The molecule has 3 aromatic rings. The van der Waals surface area contributed by atoms with Crippen molar-refractivity contribution in [2.75, 3.05) is 5.32 Å². The van der Waals surface area contributed by atoms with Crippen molar-refractivity contribution < 1.29 is 4.52 Å². The molecule has 0 radical (unpaired) electrons. The average Bonchev–Trinajstić information content (AvgIpc) is 3.23. The fourth-order valence-corrected chi connectivity index (χ4v) is 2.35. The Morgan fingerprint density at radius 2 is 1.75 bits per heavy atom. The van der Waals surface area contributed by atoms with Gasteiger partial charge in [-0.15, -0.1) is 0 Å². The number of aryl methyl sites for hydroxylation is 2. The Bertz CT molecular complexity index is 892. The summed E-state index contributed by atoms with van der Waals surface area (Å²) in [5, 5.41) is 7.29. The van der Waals surface area contributed by atoms with E-state index in [2.05, 4.69) is 28.6 Å². The summed E-state index contributed by atoms with van der Waals surface area (Å²) in [6.45, 7) is 19.9. The Kier molecular flexibility index (Phi) is 9.44. The van der Waals surface area contributed by atoms with Crippen molar-refractivity contribution in [1.82, 2.24) is 10.1 Å². The lowest BCUT2D eigenvalue weighted by Crippen LogP contribution is -1.98. The summed E-state index contributed by atoms with van der Waals surface area (Å²) in [7, 11) is 0. The molecule has 0 aliphatic rings. The predicted molar refractivity (Wildman–Crippen MR) is 121 cm³/mol. The van der Waals surface area contributed by atoms with Gasteiger partial charge >= 0.3 is 0 Å². The van der Waals surface area contributed by atoms with Crippen molar-refractivity contribution in [3.05, 3.63) is 78.3 Å². The van der Waals surface area contributed by atoms with E-state index in [1.807, 2.05) is 84.0 Å². The predicted octanol–water partition coefficient (Wildman–Crippen LogP) is 7.13. The van der Waals surface area contributed by atoms with Crippen molar-refractivity contribution >= 4 is 17.5 Å². The van der Waals surface area contributed by atoms with Crippen molar-refractivity contribution in [2.45, 2.75) is 41.5 Å². The molecule has 0 unspecified atom stereocenters. The number of pyridine rings is 1. The molecule has 0 saturated heterocycles. The zero-order chi connectivity index (χ0) is 21.1. The highest BCUT2D eigenvalue weighted by atomic mass is 16.5. The molecule has 1 aromatic carbocycles. The molecule has 148 valence electrons. The number of benzene rings is 1. The summed E-state index contributed by atoms with van der Waals surface area (Å²) in [6.07, 6.45) is 3.60. The van der Waals surface area contributed by atoms with Gasteiger partial charge in [-0.1, -0.05) is 64.2 Å². The summed E-state index contributed by atoms with van der Waals surface area (Å²) in [5.41, 5.74) is 6.35. The minimum Gasteiger partial charge on any atom is -0.356 e. The maximum Gasteiger partial charge on any atom is 0.167 e. The lowest BCUT2D eigenvalue weighted by atomic mass is 10.0. The van der Waals surface area contributed by atoms with Crippen LogP contribution in [0.1, 0.15) is 50.2 Å². The number of hydrogen-bond donors (Lipinski definition) is 1. The van der Waals surface area contributed by atoms with Gasteiger partial charge in [-0.2, -0.15) is 0 Å². The van der Waals surface area contributed by atoms with E-state index in [9.17, 15) is 0 Å². The van der Waals surface area contributed by atoms with Crippen LogP contribution >= 0.6 is 0 Å². The third kappa shape index (κ3) is 5.95. The maximum absolute atomic E-state index is 5.47. The van der Waals surface area contributed by atoms with Crippen molar-refractivity contribution in [3.8, 4) is 11.3 Å². The van der Waals surface area contributed by atoms with Crippen LogP contribution in [0.3, 0.4) is 0 Å². The molecule has 0 saturated carbocycles. The molecule has 0 aliphatic heterocycles. The first-order chi connectivity index (χ1) is 13.6. The van der Waals surface area contributed by atoms with E-state index in [4.69, 9.17) is 4.52 Å². The van der Waals surface area contributed by atoms with Crippen LogP contribution in [0.5, 0.6) is 0 Å². The summed E-state index contributed by atoms with van der Waals surface area (Å²) >= 11 is 0. The van der Waals surface area contributed by atoms with Gasteiger partial charge < -0.3 is 9.84 Å². The van der Waals surface area contributed by atoms with Gasteiger partial charge in [0.25, 0.3) is 0 Å². The number of nitrogens with one attached hydrogen (secondary N) is 1. The first kappa shape index (κ1) is 22.9. The Morgan fingerprint density at radius 1 is 1.04 bits per heavy atom. The molecule has 0 fully saturated rings.